The predicted molar refractivity (Wildman–Crippen MR) is 59.9 cm³/mol. The molecule has 0 aromatic heterocycles. The molecule has 0 aromatic carbocycles. The second kappa shape index (κ2) is 6.52. The highest BCUT2D eigenvalue weighted by Gasteiger charge is 2.29. The average molecular weight is 284 g/mol. The van der Waals surface area contributed by atoms with E-state index < -0.39 is 40.5 Å². The zero-order valence-corrected chi connectivity index (χ0v) is 10.9. The van der Waals surface area contributed by atoms with Crippen molar-refractivity contribution in [3.63, 3.8) is 0 Å². The normalized spacial score (nSPS) is 14.9. The number of hydrogen-bond acceptors (Lipinski definition) is 6. The first-order valence-corrected chi connectivity index (χ1v) is 6.45. The average Bonchev–Trinajstić information content (AvgIpc) is 2.10. The molecule has 0 fully saturated rings. The molecule has 0 radical (unpaired) electrons. The number of aliphatic hydroxyl groups excluding tert-OH is 1. The molecule has 10 heteroatoms. The summed E-state index contributed by atoms with van der Waals surface area (Å²) in [6.07, 6.45) is -3.25. The Labute approximate surface area is 104 Å². The standard InChI is InChI=1S/C8H16N2O7S/c1-4(2)17-8(14)10-18(15,16)9-6(5(3)11)7(12)13/h4-6,9,11H,1-3H3,(H,10,14)(H,12,13)/t5-,6+/m1/s1. The molecule has 0 aromatic rings. The van der Waals surface area contributed by atoms with Gasteiger partial charge in [0.2, 0.25) is 0 Å². The van der Waals surface area contributed by atoms with E-state index in [1.165, 1.54) is 18.6 Å². The summed E-state index contributed by atoms with van der Waals surface area (Å²) < 4.78 is 30.3. The van der Waals surface area contributed by atoms with Gasteiger partial charge in [-0.25, -0.2) is 9.52 Å². The van der Waals surface area contributed by atoms with E-state index in [-0.39, 0.29) is 0 Å². The molecule has 0 saturated heterocycles. The third kappa shape index (κ3) is 6.37. The van der Waals surface area contributed by atoms with Crippen LogP contribution in [0.1, 0.15) is 20.8 Å². The molecule has 106 valence electrons. The summed E-state index contributed by atoms with van der Waals surface area (Å²) in [5, 5.41) is 17.7. The van der Waals surface area contributed by atoms with Crippen LogP contribution in [0.25, 0.3) is 0 Å². The zero-order chi connectivity index (χ0) is 14.5. The minimum atomic E-state index is -4.43. The number of hydrogen-bond donors (Lipinski definition) is 4. The Hall–Kier alpha value is -1.39. The van der Waals surface area contributed by atoms with Crippen molar-refractivity contribution in [1.82, 2.24) is 9.44 Å². The van der Waals surface area contributed by atoms with Crippen molar-refractivity contribution < 1.29 is 33.0 Å². The minimum Gasteiger partial charge on any atom is -0.480 e. The second-order valence-electron chi connectivity index (χ2n) is 3.73. The van der Waals surface area contributed by atoms with Gasteiger partial charge in [-0.05, 0) is 20.8 Å². The number of ether oxygens (including phenoxy) is 1. The van der Waals surface area contributed by atoms with Gasteiger partial charge in [0.25, 0.3) is 0 Å². The molecule has 1 amide bonds. The zero-order valence-electron chi connectivity index (χ0n) is 10.1. The van der Waals surface area contributed by atoms with E-state index in [4.69, 9.17) is 10.2 Å². The van der Waals surface area contributed by atoms with Gasteiger partial charge in [0, 0.05) is 0 Å². The van der Waals surface area contributed by atoms with E-state index in [1.54, 1.807) is 4.72 Å². The van der Waals surface area contributed by atoms with Crippen molar-refractivity contribution in [3.8, 4) is 0 Å². The molecule has 2 atom stereocenters. The Bertz CT molecular complexity index is 404. The fraction of sp³-hybridized carbons (Fsp3) is 0.750. The van der Waals surface area contributed by atoms with Gasteiger partial charge in [-0.15, -0.1) is 0 Å². The molecule has 0 aliphatic heterocycles. The molecule has 0 unspecified atom stereocenters. The van der Waals surface area contributed by atoms with Crippen LogP contribution < -0.4 is 9.44 Å². The van der Waals surface area contributed by atoms with Crippen molar-refractivity contribution in [3.05, 3.63) is 0 Å². The molecular formula is C8H16N2O7S. The summed E-state index contributed by atoms with van der Waals surface area (Å²) in [6.45, 7) is 4.11. The van der Waals surface area contributed by atoms with Gasteiger partial charge in [-0.2, -0.15) is 13.1 Å². The summed E-state index contributed by atoms with van der Waals surface area (Å²) >= 11 is 0. The predicted octanol–water partition coefficient (Wildman–Crippen LogP) is -1.21. The van der Waals surface area contributed by atoms with Crippen LogP contribution in [0.3, 0.4) is 0 Å². The Balaban J connectivity index is 4.65. The number of carboxylic acids is 1. The highest BCUT2D eigenvalue weighted by molar-refractivity contribution is 7.88. The van der Waals surface area contributed by atoms with Crippen molar-refractivity contribution in [2.75, 3.05) is 0 Å². The maximum atomic E-state index is 11.3. The lowest BCUT2D eigenvalue weighted by Crippen LogP contribution is -2.52. The molecule has 0 spiro atoms. The Morgan fingerprint density at radius 1 is 1.22 bits per heavy atom. The SMILES string of the molecule is CC(C)OC(=O)NS(=O)(=O)N[C@H](C(=O)O)[C@@H](C)O. The first kappa shape index (κ1) is 16.6. The van der Waals surface area contributed by atoms with Crippen LogP contribution in [0.2, 0.25) is 0 Å². The third-order valence-corrected chi connectivity index (χ3v) is 2.59. The number of nitrogens with one attached hydrogen (secondary N) is 2. The lowest BCUT2D eigenvalue weighted by Gasteiger charge is -2.17. The van der Waals surface area contributed by atoms with Crippen molar-refractivity contribution in [2.24, 2.45) is 0 Å². The molecule has 9 nitrogen and oxygen atoms in total. The molecule has 0 heterocycles. The molecule has 0 bridgehead atoms. The van der Waals surface area contributed by atoms with E-state index in [0.29, 0.717) is 0 Å². The quantitative estimate of drug-likeness (QED) is 0.479. The number of aliphatic hydroxyl groups is 1. The fourth-order valence-electron chi connectivity index (χ4n) is 0.900. The summed E-state index contributed by atoms with van der Waals surface area (Å²) in [6, 6.07) is -1.77. The highest BCUT2D eigenvalue weighted by Crippen LogP contribution is 1.96. The van der Waals surface area contributed by atoms with Gasteiger partial charge in [-0.1, -0.05) is 0 Å². The van der Waals surface area contributed by atoms with E-state index in [1.807, 2.05) is 0 Å². The van der Waals surface area contributed by atoms with Gasteiger partial charge in [0.1, 0.15) is 6.04 Å². The number of carboxylic acid groups (broad SMARTS) is 1. The minimum absolute atomic E-state index is 0.535. The summed E-state index contributed by atoms with van der Waals surface area (Å²) in [5.41, 5.74) is 0. The monoisotopic (exact) mass is 284 g/mol. The van der Waals surface area contributed by atoms with Gasteiger partial charge >= 0.3 is 22.3 Å². The third-order valence-electron chi connectivity index (χ3n) is 1.59. The van der Waals surface area contributed by atoms with Crippen LogP contribution in [0.4, 0.5) is 4.79 Å². The highest BCUT2D eigenvalue weighted by atomic mass is 32.2. The van der Waals surface area contributed by atoms with Gasteiger partial charge in [0.05, 0.1) is 12.2 Å². The first-order valence-electron chi connectivity index (χ1n) is 4.96. The Morgan fingerprint density at radius 2 is 1.72 bits per heavy atom. The van der Waals surface area contributed by atoms with Crippen LogP contribution in [-0.2, 0) is 19.7 Å². The maximum absolute atomic E-state index is 11.3. The summed E-state index contributed by atoms with van der Waals surface area (Å²) in [5.74, 6) is -1.58. The van der Waals surface area contributed by atoms with E-state index >= 15 is 0 Å². The molecule has 18 heavy (non-hydrogen) atoms. The van der Waals surface area contributed by atoms with E-state index in [9.17, 15) is 18.0 Å². The molecule has 0 aliphatic carbocycles. The van der Waals surface area contributed by atoms with Crippen molar-refractivity contribution >= 4 is 22.3 Å². The van der Waals surface area contributed by atoms with E-state index in [2.05, 4.69) is 4.74 Å². The smallest absolute Gasteiger partial charge is 0.422 e. The van der Waals surface area contributed by atoms with Gasteiger partial charge in [0.15, 0.2) is 0 Å². The van der Waals surface area contributed by atoms with Crippen LogP contribution in [0, 0.1) is 0 Å². The van der Waals surface area contributed by atoms with Crippen LogP contribution in [0.5, 0.6) is 0 Å². The topological polar surface area (TPSA) is 142 Å². The number of carbonyl (C=O) groups excluding carboxylic acids is 1. The molecule has 0 aliphatic rings. The van der Waals surface area contributed by atoms with Crippen molar-refractivity contribution in [2.45, 2.75) is 39.0 Å². The maximum Gasteiger partial charge on any atom is 0.422 e. The summed E-state index contributed by atoms with van der Waals surface area (Å²) in [4.78, 5) is 21.7. The first-order chi connectivity index (χ1) is 8.05. The number of carbonyl (C=O) groups is 2. The van der Waals surface area contributed by atoms with Crippen molar-refractivity contribution in [1.29, 1.82) is 0 Å². The van der Waals surface area contributed by atoms with Crippen LogP contribution in [-0.4, -0.2) is 48.9 Å². The van der Waals surface area contributed by atoms with Gasteiger partial charge in [-0.3, -0.25) is 4.79 Å². The number of amides is 1. The van der Waals surface area contributed by atoms with Crippen LogP contribution in [0.15, 0.2) is 0 Å². The number of rotatable bonds is 6. The summed E-state index contributed by atoms with van der Waals surface area (Å²) in [7, 11) is -4.43. The van der Waals surface area contributed by atoms with Crippen LogP contribution >= 0.6 is 0 Å². The molecule has 0 saturated carbocycles. The Morgan fingerprint density at radius 3 is 2.06 bits per heavy atom. The molecule has 0 rings (SSSR count). The van der Waals surface area contributed by atoms with Gasteiger partial charge < -0.3 is 14.9 Å². The second-order valence-corrected chi connectivity index (χ2v) is 5.18. The molecule has 4 N–H and O–H groups in total. The largest absolute Gasteiger partial charge is 0.480 e. The number of aliphatic carboxylic acids is 1. The Kier molecular flexibility index (Phi) is 6.01. The lowest BCUT2D eigenvalue weighted by molar-refractivity contribution is -0.141. The molecular weight excluding hydrogens is 268 g/mol. The fourth-order valence-corrected chi connectivity index (χ4v) is 1.86. The lowest BCUT2D eigenvalue weighted by atomic mass is 10.2. The van der Waals surface area contributed by atoms with E-state index in [0.717, 1.165) is 6.92 Å².